The van der Waals surface area contributed by atoms with Crippen LogP contribution in [-0.2, 0) is 17.5 Å². The number of methoxy groups -OCH3 is 1. The third-order valence-corrected chi connectivity index (χ3v) is 6.71. The van der Waals surface area contributed by atoms with Gasteiger partial charge >= 0.3 is 12.3 Å². The van der Waals surface area contributed by atoms with Crippen molar-refractivity contribution in [2.75, 3.05) is 19.5 Å². The number of benzene rings is 2. The maximum absolute atomic E-state index is 13.8. The molecule has 2 aromatic carbocycles. The fraction of sp³-hybridized carbons (Fsp3) is 0.133. The van der Waals surface area contributed by atoms with Gasteiger partial charge < -0.3 is 25.4 Å². The van der Waals surface area contributed by atoms with Crippen molar-refractivity contribution in [2.24, 2.45) is 0 Å². The number of nitrogens with zero attached hydrogens (tertiary/aromatic N) is 6. The van der Waals surface area contributed by atoms with Crippen molar-refractivity contribution in [1.29, 1.82) is 0 Å². The molecule has 248 valence electrons. The molecule has 5 N–H and O–H groups in total. The van der Waals surface area contributed by atoms with Gasteiger partial charge in [-0.1, -0.05) is 30.3 Å². The number of aromatic nitrogens is 5. The molecule has 3 heterocycles. The highest BCUT2D eigenvalue weighted by Crippen LogP contribution is 2.34. The second-order valence-electron chi connectivity index (χ2n) is 10.0. The number of rotatable bonds is 7. The van der Waals surface area contributed by atoms with Gasteiger partial charge in [0, 0.05) is 19.3 Å². The molecular formula is C30H25F3N8O7. The Morgan fingerprint density at radius 3 is 2.33 bits per heavy atom. The molecule has 0 saturated carbocycles. The number of carbonyl (C=O) groups is 3. The van der Waals surface area contributed by atoms with Crippen molar-refractivity contribution < 1.29 is 47.6 Å². The van der Waals surface area contributed by atoms with Gasteiger partial charge in [0.1, 0.15) is 17.2 Å². The topological polar surface area (TPSA) is 197 Å². The highest BCUT2D eigenvalue weighted by atomic mass is 19.4. The van der Waals surface area contributed by atoms with Gasteiger partial charge in [0.15, 0.2) is 17.3 Å². The van der Waals surface area contributed by atoms with Gasteiger partial charge in [-0.3, -0.25) is 19.7 Å². The fourth-order valence-electron chi connectivity index (χ4n) is 4.55. The van der Waals surface area contributed by atoms with E-state index in [1.54, 1.807) is 30.3 Å². The lowest BCUT2D eigenvalue weighted by molar-refractivity contribution is -0.141. The number of pyridine rings is 1. The number of alkyl halides is 3. The fourth-order valence-corrected chi connectivity index (χ4v) is 4.55. The van der Waals surface area contributed by atoms with Gasteiger partial charge in [-0.25, -0.2) is 19.5 Å². The minimum absolute atomic E-state index is 0.00630. The summed E-state index contributed by atoms with van der Waals surface area (Å²) in [5.41, 5.74) is 0.213. The van der Waals surface area contributed by atoms with E-state index in [4.69, 9.17) is 0 Å². The van der Waals surface area contributed by atoms with Gasteiger partial charge in [-0.2, -0.15) is 23.4 Å². The van der Waals surface area contributed by atoms with Crippen LogP contribution in [0.15, 0.2) is 72.9 Å². The van der Waals surface area contributed by atoms with Crippen LogP contribution in [0.3, 0.4) is 0 Å². The maximum Gasteiger partial charge on any atom is 0.435 e. The van der Waals surface area contributed by atoms with Crippen LogP contribution < -0.4 is 10.7 Å². The Morgan fingerprint density at radius 1 is 0.938 bits per heavy atom. The number of carbonyl (C=O) groups excluding carboxylic acids is 3. The van der Waals surface area contributed by atoms with Crippen LogP contribution in [0.4, 0.5) is 23.7 Å². The zero-order valence-corrected chi connectivity index (χ0v) is 24.9. The summed E-state index contributed by atoms with van der Waals surface area (Å²) in [5.74, 6) is -4.04. The summed E-state index contributed by atoms with van der Waals surface area (Å²) in [6, 6.07) is 14.6. The number of nitrogens with one attached hydrogen (secondary N) is 2. The predicted octanol–water partition coefficient (Wildman–Crippen LogP) is 3.91. The first-order valence-corrected chi connectivity index (χ1v) is 13.7. The zero-order valence-electron chi connectivity index (χ0n) is 24.9. The van der Waals surface area contributed by atoms with Crippen molar-refractivity contribution in [3.05, 3.63) is 95.6 Å². The number of aromatic hydroxyl groups is 3. The number of phenols is 2. The van der Waals surface area contributed by atoms with Crippen LogP contribution in [0.5, 0.6) is 17.2 Å². The van der Waals surface area contributed by atoms with Crippen LogP contribution in [0.2, 0.25) is 0 Å². The van der Waals surface area contributed by atoms with E-state index < -0.39 is 58.3 Å². The van der Waals surface area contributed by atoms with E-state index in [0.29, 0.717) is 10.6 Å². The Hall–Kier alpha value is -6.59. The van der Waals surface area contributed by atoms with E-state index in [-0.39, 0.29) is 29.4 Å². The first kappa shape index (κ1) is 32.8. The van der Waals surface area contributed by atoms with E-state index in [1.165, 1.54) is 24.4 Å². The summed E-state index contributed by atoms with van der Waals surface area (Å²) in [4.78, 5) is 42.6. The largest absolute Gasteiger partial charge is 0.508 e. The summed E-state index contributed by atoms with van der Waals surface area (Å²) < 4.78 is 47.5. The van der Waals surface area contributed by atoms with Crippen LogP contribution in [0.1, 0.15) is 32.2 Å². The third-order valence-electron chi connectivity index (χ3n) is 6.71. The van der Waals surface area contributed by atoms with Crippen molar-refractivity contribution in [1.82, 2.24) is 35.0 Å². The predicted molar refractivity (Wildman–Crippen MR) is 160 cm³/mol. The van der Waals surface area contributed by atoms with Gasteiger partial charge in [0.2, 0.25) is 0 Å². The van der Waals surface area contributed by atoms with E-state index in [9.17, 15) is 42.9 Å². The zero-order chi connectivity index (χ0) is 34.7. The number of anilines is 1. The molecule has 3 amide bonds. The van der Waals surface area contributed by atoms with Gasteiger partial charge in [-0.05, 0) is 35.9 Å². The quantitative estimate of drug-likeness (QED) is 0.0965. The van der Waals surface area contributed by atoms with Crippen molar-refractivity contribution in [3.63, 3.8) is 0 Å². The van der Waals surface area contributed by atoms with Crippen LogP contribution in [0, 0.1) is 0 Å². The minimum atomic E-state index is -4.76. The van der Waals surface area contributed by atoms with Crippen LogP contribution in [0.25, 0.3) is 17.1 Å². The van der Waals surface area contributed by atoms with Crippen LogP contribution >= 0.6 is 0 Å². The molecule has 15 nitrogen and oxygen atoms in total. The molecule has 5 rings (SSSR count). The summed E-state index contributed by atoms with van der Waals surface area (Å²) in [6.45, 7) is -0.376. The Bertz CT molecular complexity index is 2010. The highest BCUT2D eigenvalue weighted by molar-refractivity contribution is 6.10. The molecule has 18 heteroatoms. The molecule has 0 aliphatic carbocycles. The molecule has 48 heavy (non-hydrogen) atoms. The molecule has 0 unspecified atom stereocenters. The average molecular weight is 667 g/mol. The summed E-state index contributed by atoms with van der Waals surface area (Å²) in [5, 5.41) is 42.2. The molecular weight excluding hydrogens is 641 g/mol. The molecule has 0 spiro atoms. The number of hydrazine groups is 1. The van der Waals surface area contributed by atoms with E-state index in [0.717, 1.165) is 41.7 Å². The summed E-state index contributed by atoms with van der Waals surface area (Å²) in [7, 11) is 2.22. The molecule has 5 aromatic rings. The number of ether oxygens (including phenoxy) is 1. The first-order valence-electron chi connectivity index (χ1n) is 13.7. The molecule has 3 aromatic heterocycles. The molecule has 0 atom stereocenters. The lowest BCUT2D eigenvalue weighted by Gasteiger charge is -2.18. The summed E-state index contributed by atoms with van der Waals surface area (Å²) in [6.07, 6.45) is -4.43. The molecule has 0 aliphatic rings. The Kier molecular flexibility index (Phi) is 8.90. The Labute approximate surface area is 268 Å². The molecule has 0 aliphatic heterocycles. The van der Waals surface area contributed by atoms with E-state index in [1.807, 2.05) is 0 Å². The smallest absolute Gasteiger partial charge is 0.435 e. The Morgan fingerprint density at radius 2 is 1.67 bits per heavy atom. The number of halogens is 3. The summed E-state index contributed by atoms with van der Waals surface area (Å²) >= 11 is 0. The maximum atomic E-state index is 13.8. The van der Waals surface area contributed by atoms with Crippen molar-refractivity contribution in [3.8, 4) is 34.3 Å². The second kappa shape index (κ2) is 13.0. The monoisotopic (exact) mass is 666 g/mol. The average Bonchev–Trinajstić information content (AvgIpc) is 3.67. The Balaban J connectivity index is 1.56. The van der Waals surface area contributed by atoms with Gasteiger partial charge in [0.05, 0.1) is 36.3 Å². The molecule has 0 bridgehead atoms. The van der Waals surface area contributed by atoms with Crippen molar-refractivity contribution >= 4 is 23.6 Å². The SMILES string of the molecule is COC(=O)N(C)NC(=O)c1cc(O)cc(O)c1NC(=O)c1cc(Cn2nc(C(F)(F)F)cc2-c2ccccc2)nn1-c1ncccc1O. The van der Waals surface area contributed by atoms with Gasteiger partial charge in [-0.15, -0.1) is 0 Å². The normalized spacial score (nSPS) is 11.2. The number of hydrogen-bond acceptors (Lipinski definition) is 10. The number of hydrogen-bond donors (Lipinski definition) is 5. The second-order valence-corrected chi connectivity index (χ2v) is 10.0. The molecule has 0 fully saturated rings. The lowest BCUT2D eigenvalue weighted by atomic mass is 10.1. The molecule has 0 radical (unpaired) electrons. The van der Waals surface area contributed by atoms with E-state index >= 15 is 0 Å². The highest BCUT2D eigenvalue weighted by Gasteiger charge is 2.35. The molecule has 0 saturated heterocycles. The number of amides is 3. The van der Waals surface area contributed by atoms with E-state index in [2.05, 4.69) is 30.7 Å². The third kappa shape index (κ3) is 6.81. The minimum Gasteiger partial charge on any atom is -0.508 e. The van der Waals surface area contributed by atoms with Crippen LogP contribution in [-0.4, -0.2) is 76.9 Å². The van der Waals surface area contributed by atoms with Gasteiger partial charge in [0.25, 0.3) is 11.8 Å². The first-order chi connectivity index (χ1) is 22.8. The number of phenolic OH excluding ortho intramolecular Hbond substituents is 2. The lowest BCUT2D eigenvalue weighted by Crippen LogP contribution is -2.43. The standard InChI is InChI=1S/C30H25F3N8O7/c1-39(29(47)48-2)38-27(45)19-12-18(42)13-23(44)25(19)35-28(46)21-11-17(36-41(21)26-22(43)9-6-10-34-26)15-40-20(16-7-4-3-5-8-16)14-24(37-40)30(31,32)33/h3-14,42-44H,15H2,1-2H3,(H,35,46)(H,38,45). The van der Waals surface area contributed by atoms with Crippen molar-refractivity contribution in [2.45, 2.75) is 12.7 Å².